The van der Waals surface area contributed by atoms with Gasteiger partial charge in [0.05, 0.1) is 4.91 Å². The van der Waals surface area contributed by atoms with E-state index >= 15 is 0 Å². The van der Waals surface area contributed by atoms with Gasteiger partial charge in [-0.3, -0.25) is 19.3 Å². The van der Waals surface area contributed by atoms with Crippen LogP contribution in [0.5, 0.6) is 0 Å². The molecule has 2 heterocycles. The van der Waals surface area contributed by atoms with E-state index in [2.05, 4.69) is 0 Å². The second-order valence-electron chi connectivity index (χ2n) is 7.13. The number of carbonyl (C=O) groups excluding carboxylic acids is 3. The maximum Gasteiger partial charge on any atom is 0.326 e. The Kier molecular flexibility index (Phi) is 5.42. The minimum atomic E-state index is -0.704. The number of imide groups is 1. The molecule has 3 rings (SSSR count). The van der Waals surface area contributed by atoms with Gasteiger partial charge in [0.2, 0.25) is 0 Å². The van der Waals surface area contributed by atoms with Gasteiger partial charge >= 0.3 is 5.97 Å². The van der Waals surface area contributed by atoms with Crippen molar-refractivity contribution in [3.05, 3.63) is 59.0 Å². The summed E-state index contributed by atoms with van der Waals surface area (Å²) in [5.41, 5.74) is 0.657. The third kappa shape index (κ3) is 4.51. The molecule has 1 aliphatic rings. The molecule has 1 saturated heterocycles. The second kappa shape index (κ2) is 7.63. The van der Waals surface area contributed by atoms with Crippen LogP contribution in [0.25, 0.3) is 11.8 Å². The van der Waals surface area contributed by atoms with Gasteiger partial charge in [-0.15, -0.1) is 0 Å². The number of ether oxygens (including phenoxy) is 1. The fourth-order valence-corrected chi connectivity index (χ4v) is 3.44. The molecule has 1 aromatic heterocycles. The molecule has 2 amide bonds. The molecule has 1 aliphatic heterocycles. The van der Waals surface area contributed by atoms with Crippen molar-refractivity contribution in [2.45, 2.75) is 26.4 Å². The number of halogens is 1. The van der Waals surface area contributed by atoms with Gasteiger partial charge in [-0.25, -0.2) is 4.39 Å². The van der Waals surface area contributed by atoms with Gasteiger partial charge in [-0.2, -0.15) is 0 Å². The first-order chi connectivity index (χ1) is 13.1. The number of carbonyl (C=O) groups is 3. The van der Waals surface area contributed by atoms with Gasteiger partial charge in [0.1, 0.15) is 18.0 Å². The van der Waals surface area contributed by atoms with Gasteiger partial charge in [-0.1, -0.05) is 0 Å². The molecule has 0 radical (unpaired) electrons. The number of thioether (sulfide) groups is 1. The van der Waals surface area contributed by atoms with E-state index in [0.29, 0.717) is 11.4 Å². The number of rotatable bonds is 4. The van der Waals surface area contributed by atoms with Gasteiger partial charge in [0.25, 0.3) is 11.1 Å². The number of hydrogen-bond acceptors (Lipinski definition) is 5. The van der Waals surface area contributed by atoms with Crippen LogP contribution in [0.1, 0.15) is 26.5 Å². The molecule has 146 valence electrons. The summed E-state index contributed by atoms with van der Waals surface area (Å²) in [6, 6.07) is 9.45. The summed E-state index contributed by atoms with van der Waals surface area (Å²) >= 11 is 0.764. The molecule has 0 N–H and O–H groups in total. The van der Waals surface area contributed by atoms with E-state index in [-0.39, 0.29) is 10.7 Å². The molecule has 8 heteroatoms. The van der Waals surface area contributed by atoms with Crippen molar-refractivity contribution in [2.24, 2.45) is 0 Å². The molecule has 0 saturated carbocycles. The first kappa shape index (κ1) is 19.9. The van der Waals surface area contributed by atoms with Gasteiger partial charge in [0.15, 0.2) is 0 Å². The maximum absolute atomic E-state index is 13.2. The molecule has 1 fully saturated rings. The van der Waals surface area contributed by atoms with E-state index in [0.717, 1.165) is 16.7 Å². The van der Waals surface area contributed by atoms with Crippen LogP contribution in [-0.4, -0.2) is 38.7 Å². The highest BCUT2D eigenvalue weighted by atomic mass is 32.2. The Balaban J connectivity index is 1.80. The van der Waals surface area contributed by atoms with Crippen LogP contribution >= 0.6 is 11.8 Å². The Morgan fingerprint density at radius 2 is 1.86 bits per heavy atom. The normalized spacial score (nSPS) is 16.1. The van der Waals surface area contributed by atoms with Gasteiger partial charge in [0, 0.05) is 17.6 Å². The van der Waals surface area contributed by atoms with Crippen molar-refractivity contribution in [1.82, 2.24) is 9.47 Å². The monoisotopic (exact) mass is 402 g/mol. The predicted molar refractivity (Wildman–Crippen MR) is 104 cm³/mol. The van der Waals surface area contributed by atoms with Gasteiger partial charge in [-0.05, 0) is 75.0 Å². The zero-order valence-electron chi connectivity index (χ0n) is 15.6. The largest absolute Gasteiger partial charge is 0.459 e. The summed E-state index contributed by atoms with van der Waals surface area (Å²) in [4.78, 5) is 37.8. The Bertz CT molecular complexity index is 957. The standard InChI is InChI=1S/C20H19FN2O4S/c1-20(2,3)27-17(24)12-23-18(25)16(28-19(23)26)11-15-5-4-10-22(15)14-8-6-13(21)7-9-14/h4-11H,12H2,1-3H3/b16-11+. The number of aromatic nitrogens is 1. The van der Waals surface area contributed by atoms with Crippen molar-refractivity contribution in [1.29, 1.82) is 0 Å². The number of esters is 1. The molecule has 6 nitrogen and oxygen atoms in total. The molecule has 0 bridgehead atoms. The summed E-state index contributed by atoms with van der Waals surface area (Å²) < 4.78 is 20.1. The Labute approximate surface area is 166 Å². The molecule has 0 aliphatic carbocycles. The number of nitrogens with zero attached hydrogens (tertiary/aromatic N) is 2. The number of hydrogen-bond donors (Lipinski definition) is 0. The molecular formula is C20H19FN2O4S. The van der Waals surface area contributed by atoms with Crippen LogP contribution in [0, 0.1) is 5.82 Å². The molecule has 0 atom stereocenters. The topological polar surface area (TPSA) is 68.6 Å². The Morgan fingerprint density at radius 1 is 1.18 bits per heavy atom. The highest BCUT2D eigenvalue weighted by Gasteiger charge is 2.37. The molecule has 2 aromatic rings. The number of benzene rings is 1. The molecular weight excluding hydrogens is 383 g/mol. The fourth-order valence-electron chi connectivity index (χ4n) is 2.62. The summed E-state index contributed by atoms with van der Waals surface area (Å²) in [5, 5.41) is -0.526. The zero-order chi connectivity index (χ0) is 20.5. The molecule has 28 heavy (non-hydrogen) atoms. The van der Waals surface area contributed by atoms with Gasteiger partial charge < -0.3 is 9.30 Å². The summed E-state index contributed by atoms with van der Waals surface area (Å²) in [6.45, 7) is 4.70. The Morgan fingerprint density at radius 3 is 2.50 bits per heavy atom. The zero-order valence-corrected chi connectivity index (χ0v) is 16.5. The van der Waals surface area contributed by atoms with E-state index in [1.165, 1.54) is 12.1 Å². The smallest absolute Gasteiger partial charge is 0.326 e. The SMILES string of the molecule is CC(C)(C)OC(=O)CN1C(=O)S/C(=C/c2cccn2-c2ccc(F)cc2)C1=O. The van der Waals surface area contributed by atoms with Crippen molar-refractivity contribution in [2.75, 3.05) is 6.54 Å². The highest BCUT2D eigenvalue weighted by molar-refractivity contribution is 8.18. The van der Waals surface area contributed by atoms with Crippen molar-refractivity contribution < 1.29 is 23.5 Å². The minimum Gasteiger partial charge on any atom is -0.459 e. The molecule has 0 spiro atoms. The van der Waals surface area contributed by atoms with E-state index in [4.69, 9.17) is 4.74 Å². The maximum atomic E-state index is 13.2. The summed E-state index contributed by atoms with van der Waals surface area (Å²) in [6.07, 6.45) is 3.34. The van der Waals surface area contributed by atoms with Crippen LogP contribution in [0.4, 0.5) is 9.18 Å². The van der Waals surface area contributed by atoms with Crippen molar-refractivity contribution in [3.8, 4) is 5.69 Å². The summed E-state index contributed by atoms with van der Waals surface area (Å²) in [5.74, 6) is -1.54. The molecule has 1 aromatic carbocycles. The van der Waals surface area contributed by atoms with Crippen LogP contribution in [0.3, 0.4) is 0 Å². The number of amides is 2. The van der Waals surface area contributed by atoms with Crippen LogP contribution in [0.2, 0.25) is 0 Å². The lowest BCUT2D eigenvalue weighted by Crippen LogP contribution is -2.37. The van der Waals surface area contributed by atoms with E-state index in [9.17, 15) is 18.8 Å². The summed E-state index contributed by atoms with van der Waals surface area (Å²) in [7, 11) is 0. The van der Waals surface area contributed by atoms with Crippen molar-refractivity contribution in [3.63, 3.8) is 0 Å². The van der Waals surface area contributed by atoms with Crippen LogP contribution < -0.4 is 0 Å². The first-order valence-corrected chi connectivity index (χ1v) is 9.36. The Hall–Kier alpha value is -2.87. The van der Waals surface area contributed by atoms with Crippen LogP contribution in [0.15, 0.2) is 47.5 Å². The lowest BCUT2D eigenvalue weighted by atomic mass is 10.2. The average molecular weight is 402 g/mol. The quantitative estimate of drug-likeness (QED) is 0.571. The minimum absolute atomic E-state index is 0.204. The third-order valence-electron chi connectivity index (χ3n) is 3.74. The lowest BCUT2D eigenvalue weighted by molar-refractivity contribution is -0.156. The first-order valence-electron chi connectivity index (χ1n) is 8.54. The predicted octanol–water partition coefficient (Wildman–Crippen LogP) is 3.99. The van der Waals surface area contributed by atoms with Crippen molar-refractivity contribution >= 4 is 35.0 Å². The lowest BCUT2D eigenvalue weighted by Gasteiger charge is -2.21. The van der Waals surface area contributed by atoms with Crippen LogP contribution in [-0.2, 0) is 14.3 Å². The average Bonchev–Trinajstić information content (AvgIpc) is 3.15. The highest BCUT2D eigenvalue weighted by Crippen LogP contribution is 2.32. The fraction of sp³-hybridized carbons (Fsp3) is 0.250. The third-order valence-corrected chi connectivity index (χ3v) is 4.65. The van der Waals surface area contributed by atoms with E-state index < -0.39 is 29.3 Å². The van der Waals surface area contributed by atoms with E-state index in [1.807, 2.05) is 0 Å². The van der Waals surface area contributed by atoms with E-state index in [1.54, 1.807) is 61.9 Å². The second-order valence-corrected chi connectivity index (χ2v) is 8.13. The molecule has 0 unspecified atom stereocenters.